The molecule has 0 fully saturated rings. The summed E-state index contributed by atoms with van der Waals surface area (Å²) in [7, 11) is 0. The van der Waals surface area contributed by atoms with Crippen molar-refractivity contribution in [3.8, 4) is 11.3 Å². The Hall–Kier alpha value is -5.75. The Kier molecular flexibility index (Phi) is 7.88. The van der Waals surface area contributed by atoms with Crippen LogP contribution in [0.25, 0.3) is 33.2 Å². The number of alkyl halides is 3. The van der Waals surface area contributed by atoms with E-state index in [1.807, 2.05) is 42.5 Å². The summed E-state index contributed by atoms with van der Waals surface area (Å²) >= 11 is 0. The lowest BCUT2D eigenvalue weighted by Gasteiger charge is -2.22. The van der Waals surface area contributed by atoms with Crippen LogP contribution in [0.5, 0.6) is 0 Å². The predicted octanol–water partition coefficient (Wildman–Crippen LogP) is 6.96. The van der Waals surface area contributed by atoms with Gasteiger partial charge in [0.2, 0.25) is 0 Å². The van der Waals surface area contributed by atoms with Gasteiger partial charge >= 0.3 is 12.1 Å². The second-order valence-electron chi connectivity index (χ2n) is 9.96. The average Bonchev–Trinajstić information content (AvgIpc) is 3.43. The molecule has 4 aromatic carbocycles. The molecule has 3 N–H and O–H groups in total. The normalized spacial score (nSPS) is 11.5. The van der Waals surface area contributed by atoms with Crippen LogP contribution in [0.1, 0.15) is 15.9 Å². The number of nitrogens with one attached hydrogen (secondary N) is 1. The number of anilines is 3. The standard InChI is InChI=1S/C33H24F3N5O4/c34-33(35,36)32(43)45-41(31(42)21-6-3-5-20(17-21)15-16-37)23-13-11-22(12-14-23)40-29-18-27(38-19-39-29)26-9-4-8-25-24-7-1-2-10-28(24)44-30(25)26/h1-14,17-19H,15-16,37H2,(H,38,39,40). The first-order chi connectivity index (χ1) is 21.7. The smallest absolute Gasteiger partial charge is 0.455 e. The largest absolute Gasteiger partial charge is 0.493 e. The molecular weight excluding hydrogens is 587 g/mol. The maximum atomic E-state index is 13.3. The number of hydrogen-bond acceptors (Lipinski definition) is 8. The van der Waals surface area contributed by atoms with Crippen LogP contribution in [0.2, 0.25) is 0 Å². The highest BCUT2D eigenvalue weighted by Crippen LogP contribution is 2.35. The van der Waals surface area contributed by atoms with Gasteiger partial charge in [0, 0.05) is 33.7 Å². The van der Waals surface area contributed by atoms with Crippen LogP contribution >= 0.6 is 0 Å². The Morgan fingerprint density at radius 2 is 1.64 bits per heavy atom. The first-order valence-electron chi connectivity index (χ1n) is 13.7. The van der Waals surface area contributed by atoms with Gasteiger partial charge in [0.25, 0.3) is 5.91 Å². The van der Waals surface area contributed by atoms with Gasteiger partial charge in [-0.05, 0) is 67.1 Å². The van der Waals surface area contributed by atoms with E-state index in [0.29, 0.717) is 46.4 Å². The first kappa shape index (κ1) is 29.3. The van der Waals surface area contributed by atoms with Gasteiger partial charge in [-0.15, -0.1) is 5.06 Å². The molecule has 2 heterocycles. The molecule has 6 rings (SSSR count). The zero-order chi connectivity index (χ0) is 31.6. The summed E-state index contributed by atoms with van der Waals surface area (Å²) in [6.45, 7) is 0.308. The average molecular weight is 612 g/mol. The molecule has 0 aliphatic carbocycles. The van der Waals surface area contributed by atoms with Crippen LogP contribution in [0.4, 0.5) is 30.4 Å². The molecule has 2 aromatic heterocycles. The van der Waals surface area contributed by atoms with E-state index < -0.39 is 18.1 Å². The van der Waals surface area contributed by atoms with Crippen LogP contribution in [-0.2, 0) is 16.1 Å². The molecule has 0 aliphatic heterocycles. The monoisotopic (exact) mass is 611 g/mol. The van der Waals surface area contributed by atoms with E-state index in [4.69, 9.17) is 10.2 Å². The van der Waals surface area contributed by atoms with Crippen molar-refractivity contribution in [3.63, 3.8) is 0 Å². The fourth-order valence-electron chi connectivity index (χ4n) is 4.84. The maximum Gasteiger partial charge on any atom is 0.493 e. The molecule has 45 heavy (non-hydrogen) atoms. The summed E-state index contributed by atoms with van der Waals surface area (Å²) in [5, 5.41) is 5.37. The molecule has 0 spiro atoms. The van der Waals surface area contributed by atoms with Gasteiger partial charge in [0.15, 0.2) is 0 Å². The number of fused-ring (bicyclic) bond motifs is 3. The van der Waals surface area contributed by atoms with Crippen molar-refractivity contribution in [2.45, 2.75) is 12.6 Å². The Morgan fingerprint density at radius 3 is 2.42 bits per heavy atom. The number of hydrogen-bond donors (Lipinski definition) is 2. The number of hydroxylamine groups is 1. The summed E-state index contributed by atoms with van der Waals surface area (Å²) < 4.78 is 45.4. The third-order valence-electron chi connectivity index (χ3n) is 6.92. The van der Waals surface area contributed by atoms with E-state index in [1.165, 1.54) is 42.7 Å². The highest BCUT2D eigenvalue weighted by atomic mass is 19.4. The van der Waals surface area contributed by atoms with Crippen LogP contribution in [0, 0.1) is 0 Å². The number of amides is 1. The van der Waals surface area contributed by atoms with E-state index in [0.717, 1.165) is 21.9 Å². The first-order valence-corrected chi connectivity index (χ1v) is 13.7. The summed E-state index contributed by atoms with van der Waals surface area (Å²) in [5.41, 5.74) is 9.49. The third kappa shape index (κ3) is 6.17. The Balaban J connectivity index is 1.27. The Labute approximate surface area is 254 Å². The van der Waals surface area contributed by atoms with Crippen LogP contribution < -0.4 is 16.1 Å². The molecule has 0 saturated carbocycles. The van der Waals surface area contributed by atoms with Crippen molar-refractivity contribution in [2.75, 3.05) is 16.9 Å². The molecule has 12 heteroatoms. The number of halogens is 3. The van der Waals surface area contributed by atoms with E-state index >= 15 is 0 Å². The number of para-hydroxylation sites is 2. The van der Waals surface area contributed by atoms with Crippen LogP contribution in [-0.4, -0.2) is 34.6 Å². The van der Waals surface area contributed by atoms with Gasteiger partial charge in [-0.2, -0.15) is 13.2 Å². The second kappa shape index (κ2) is 12.1. The van der Waals surface area contributed by atoms with E-state index in [1.54, 1.807) is 18.2 Å². The number of carbonyl (C=O) groups excluding carboxylic acids is 2. The molecule has 0 radical (unpaired) electrons. The minimum Gasteiger partial charge on any atom is -0.455 e. The molecule has 0 atom stereocenters. The number of benzene rings is 4. The van der Waals surface area contributed by atoms with E-state index in [9.17, 15) is 22.8 Å². The lowest BCUT2D eigenvalue weighted by Crippen LogP contribution is -2.38. The predicted molar refractivity (Wildman–Crippen MR) is 163 cm³/mol. The lowest BCUT2D eigenvalue weighted by atomic mass is 10.1. The van der Waals surface area contributed by atoms with E-state index in [-0.39, 0.29) is 11.3 Å². The van der Waals surface area contributed by atoms with Crippen LogP contribution in [0.15, 0.2) is 108 Å². The van der Waals surface area contributed by atoms with Crippen LogP contribution in [0.3, 0.4) is 0 Å². The van der Waals surface area contributed by atoms with Crippen molar-refractivity contribution in [2.24, 2.45) is 5.73 Å². The minimum atomic E-state index is -5.32. The zero-order valence-electron chi connectivity index (χ0n) is 23.4. The molecule has 0 aliphatic rings. The van der Waals surface area contributed by atoms with Gasteiger partial charge in [-0.1, -0.05) is 42.5 Å². The van der Waals surface area contributed by atoms with Crippen molar-refractivity contribution in [3.05, 3.63) is 115 Å². The number of nitrogens with zero attached hydrogens (tertiary/aromatic N) is 3. The van der Waals surface area contributed by atoms with Gasteiger partial charge < -0.3 is 20.3 Å². The lowest BCUT2D eigenvalue weighted by molar-refractivity contribution is -0.199. The number of nitrogens with two attached hydrogens (primary N) is 1. The molecule has 0 bridgehead atoms. The quantitative estimate of drug-likeness (QED) is 0.186. The topological polar surface area (TPSA) is 124 Å². The summed E-state index contributed by atoms with van der Waals surface area (Å²) in [6, 6.07) is 27.1. The minimum absolute atomic E-state index is 0.0195. The molecule has 9 nitrogen and oxygen atoms in total. The fraction of sp³-hybridized carbons (Fsp3) is 0.0909. The van der Waals surface area contributed by atoms with E-state index in [2.05, 4.69) is 20.1 Å². The van der Waals surface area contributed by atoms with Crippen molar-refractivity contribution >= 4 is 51.0 Å². The molecule has 1 amide bonds. The fourth-order valence-corrected chi connectivity index (χ4v) is 4.84. The highest BCUT2D eigenvalue weighted by Gasteiger charge is 2.44. The molecule has 226 valence electrons. The number of furan rings is 1. The summed E-state index contributed by atoms with van der Waals surface area (Å²) in [4.78, 5) is 38.3. The van der Waals surface area contributed by atoms with Gasteiger partial charge in [0.1, 0.15) is 23.3 Å². The highest BCUT2D eigenvalue weighted by molar-refractivity contribution is 6.09. The van der Waals surface area contributed by atoms with Crippen molar-refractivity contribution < 1.29 is 32.0 Å². The number of rotatable bonds is 7. The van der Waals surface area contributed by atoms with Crippen molar-refractivity contribution in [1.82, 2.24) is 9.97 Å². The van der Waals surface area contributed by atoms with Gasteiger partial charge in [-0.3, -0.25) is 4.79 Å². The molecule has 0 saturated heterocycles. The number of carbonyl (C=O) groups is 2. The maximum absolute atomic E-state index is 13.3. The third-order valence-corrected chi connectivity index (χ3v) is 6.92. The SMILES string of the molecule is NCCc1cccc(C(=O)N(OC(=O)C(F)(F)F)c2ccc(Nc3cc(-c4cccc5c4oc4ccccc45)ncn3)cc2)c1. The van der Waals surface area contributed by atoms with Crippen molar-refractivity contribution in [1.29, 1.82) is 0 Å². The zero-order valence-corrected chi connectivity index (χ0v) is 23.4. The van der Waals surface area contributed by atoms with Gasteiger partial charge in [0.05, 0.1) is 11.4 Å². The molecule has 0 unspecified atom stereocenters. The molecule has 6 aromatic rings. The summed E-state index contributed by atoms with van der Waals surface area (Å²) in [6.07, 6.45) is -3.48. The second-order valence-corrected chi connectivity index (χ2v) is 9.96. The molecular formula is C33H24F3N5O4. The Morgan fingerprint density at radius 1 is 0.889 bits per heavy atom. The van der Waals surface area contributed by atoms with Gasteiger partial charge in [-0.25, -0.2) is 14.8 Å². The summed E-state index contributed by atoms with van der Waals surface area (Å²) in [5.74, 6) is -3.08. The number of aromatic nitrogens is 2. The Bertz CT molecular complexity index is 2030.